The number of carbonyl (C=O) groups is 2. The van der Waals surface area contributed by atoms with Gasteiger partial charge in [0.05, 0.1) is 25.4 Å². The first-order valence-electron chi connectivity index (χ1n) is 15.3. The van der Waals surface area contributed by atoms with Gasteiger partial charge in [-0.15, -0.1) is 0 Å². The second kappa shape index (κ2) is 16.3. The van der Waals surface area contributed by atoms with Gasteiger partial charge in [0.25, 0.3) is 0 Å². The van der Waals surface area contributed by atoms with Gasteiger partial charge in [0.15, 0.2) is 0 Å². The topological polar surface area (TPSA) is 144 Å². The molecule has 11 nitrogen and oxygen atoms in total. The van der Waals surface area contributed by atoms with E-state index in [-0.39, 0.29) is 31.3 Å². The summed E-state index contributed by atoms with van der Waals surface area (Å²) >= 11 is 0. The smallest absolute Gasteiger partial charge is 0.325 e. The van der Waals surface area contributed by atoms with E-state index in [2.05, 4.69) is 21.3 Å². The van der Waals surface area contributed by atoms with Crippen LogP contribution in [0.2, 0.25) is 0 Å². The van der Waals surface area contributed by atoms with Crippen LogP contribution in [0.1, 0.15) is 72.1 Å². The zero-order chi connectivity index (χ0) is 29.1. The average Bonchev–Trinajstić information content (AvgIpc) is 2.92. The number of carbonyl (C=O) groups excluding carboxylic acids is 2. The molecule has 11 heteroatoms. The third kappa shape index (κ3) is 11.9. The quantitative estimate of drug-likeness (QED) is 0.174. The van der Waals surface area contributed by atoms with Crippen molar-refractivity contribution in [2.24, 2.45) is 17.8 Å². The maximum absolute atomic E-state index is 12.6. The number of rotatable bonds is 13. The van der Waals surface area contributed by atoms with Crippen LogP contribution in [0.25, 0.3) is 0 Å². The van der Waals surface area contributed by atoms with Crippen LogP contribution in [-0.4, -0.2) is 110 Å². The van der Waals surface area contributed by atoms with E-state index in [1.165, 1.54) is 0 Å². The molecule has 1 saturated heterocycles. The highest BCUT2D eigenvalue weighted by Gasteiger charge is 2.33. The molecule has 3 fully saturated rings. The van der Waals surface area contributed by atoms with Crippen molar-refractivity contribution >= 4 is 11.9 Å². The molecule has 1 amide bonds. The molecule has 40 heavy (non-hydrogen) atoms. The lowest BCUT2D eigenvalue weighted by Crippen LogP contribution is -2.63. The van der Waals surface area contributed by atoms with Crippen molar-refractivity contribution in [3.05, 3.63) is 0 Å². The fraction of sp³-hybridized carbons (Fsp3) is 0.931. The summed E-state index contributed by atoms with van der Waals surface area (Å²) in [5.74, 6) is 0.726. The van der Waals surface area contributed by atoms with Gasteiger partial charge in [-0.05, 0) is 91.0 Å². The fourth-order valence-electron chi connectivity index (χ4n) is 6.18. The second-order valence-corrected chi connectivity index (χ2v) is 13.0. The van der Waals surface area contributed by atoms with E-state index in [1.807, 2.05) is 32.7 Å². The summed E-state index contributed by atoms with van der Waals surface area (Å²) in [6, 6.07) is 0.471. The molecule has 0 aromatic carbocycles. The summed E-state index contributed by atoms with van der Waals surface area (Å²) in [5, 5.41) is 32.3. The van der Waals surface area contributed by atoms with Crippen LogP contribution < -0.4 is 21.3 Å². The van der Waals surface area contributed by atoms with Crippen LogP contribution in [0.4, 0.5) is 0 Å². The number of ether oxygens (including phenoxy) is 2. The first kappa shape index (κ1) is 33.2. The molecular formula is C29H55N5O6. The molecule has 0 radical (unpaired) electrons. The van der Waals surface area contributed by atoms with Crippen LogP contribution in [-0.2, 0) is 19.1 Å². The summed E-state index contributed by atoms with van der Waals surface area (Å²) in [6.07, 6.45) is 7.81. The summed E-state index contributed by atoms with van der Waals surface area (Å²) in [4.78, 5) is 26.4. The molecule has 1 unspecified atom stereocenters. The Hall–Kier alpha value is -1.34. The Morgan fingerprint density at radius 3 is 2.25 bits per heavy atom. The van der Waals surface area contributed by atoms with Crippen molar-refractivity contribution in [1.82, 2.24) is 26.2 Å². The molecule has 3 aliphatic rings. The predicted octanol–water partition coefficient (Wildman–Crippen LogP) is 0.546. The van der Waals surface area contributed by atoms with Gasteiger partial charge in [-0.2, -0.15) is 0 Å². The molecule has 0 spiro atoms. The van der Waals surface area contributed by atoms with E-state index in [9.17, 15) is 14.7 Å². The SMILES string of the molecule is CN(CCOC1CCC(NC2NCC(C3CCC(C(=O)NCC(=O)OC(C)(C)C)CC3)CN2)CC1)CC(O)CO. The minimum atomic E-state index is -0.699. The van der Waals surface area contributed by atoms with Crippen LogP contribution in [0, 0.1) is 17.8 Å². The van der Waals surface area contributed by atoms with E-state index in [1.54, 1.807) is 0 Å². The number of likely N-dealkylation sites (N-methyl/N-ethyl adjacent to an activating group) is 1. The monoisotopic (exact) mass is 569 g/mol. The average molecular weight is 570 g/mol. The van der Waals surface area contributed by atoms with Crippen LogP contribution in [0.3, 0.4) is 0 Å². The standard InChI is InChI=1S/C29H55N5O6/c1-29(2,3)40-26(37)17-30-27(38)21-7-5-20(6-8-21)22-15-31-28(32-16-22)33-23-9-11-25(12-10-23)39-14-13-34(4)18-24(36)19-35/h20-25,28,31-33,35-36H,5-19H2,1-4H3,(H,30,38). The van der Waals surface area contributed by atoms with Gasteiger partial charge in [-0.3, -0.25) is 25.5 Å². The maximum atomic E-state index is 12.6. The molecule has 1 atom stereocenters. The Balaban J connectivity index is 1.24. The van der Waals surface area contributed by atoms with Gasteiger partial charge in [-0.1, -0.05) is 0 Å². The molecule has 2 aliphatic carbocycles. The number of hydrogen-bond acceptors (Lipinski definition) is 10. The number of aliphatic hydroxyl groups excluding tert-OH is 2. The van der Waals surface area contributed by atoms with Crippen molar-refractivity contribution in [3.8, 4) is 0 Å². The van der Waals surface area contributed by atoms with Crippen LogP contribution in [0.15, 0.2) is 0 Å². The Bertz CT molecular complexity index is 757. The van der Waals surface area contributed by atoms with E-state index in [0.717, 1.165) is 71.0 Å². The van der Waals surface area contributed by atoms with E-state index < -0.39 is 17.7 Å². The van der Waals surface area contributed by atoms with E-state index >= 15 is 0 Å². The van der Waals surface area contributed by atoms with Crippen molar-refractivity contribution < 1.29 is 29.3 Å². The van der Waals surface area contributed by atoms with Gasteiger partial charge >= 0.3 is 5.97 Å². The Morgan fingerprint density at radius 2 is 1.65 bits per heavy atom. The minimum absolute atomic E-state index is 0.0169. The molecule has 232 valence electrons. The molecule has 0 bridgehead atoms. The number of amides is 1. The lowest BCUT2D eigenvalue weighted by atomic mass is 9.75. The largest absolute Gasteiger partial charge is 0.459 e. The van der Waals surface area contributed by atoms with Gasteiger partial charge in [0, 0.05) is 38.1 Å². The highest BCUT2D eigenvalue weighted by atomic mass is 16.6. The molecule has 1 aliphatic heterocycles. The Kier molecular flexibility index (Phi) is 13.5. The highest BCUT2D eigenvalue weighted by molar-refractivity contribution is 5.83. The zero-order valence-electron chi connectivity index (χ0n) is 25.1. The number of nitrogens with one attached hydrogen (secondary N) is 4. The number of esters is 1. The zero-order valence-corrected chi connectivity index (χ0v) is 25.1. The van der Waals surface area contributed by atoms with E-state index in [4.69, 9.17) is 14.6 Å². The number of aliphatic hydroxyl groups is 2. The first-order chi connectivity index (χ1) is 19.0. The van der Waals surface area contributed by atoms with E-state index in [0.29, 0.717) is 37.1 Å². The summed E-state index contributed by atoms with van der Waals surface area (Å²) in [7, 11) is 1.93. The minimum Gasteiger partial charge on any atom is -0.459 e. The molecule has 0 aromatic rings. The lowest BCUT2D eigenvalue weighted by molar-refractivity contribution is -0.154. The fourth-order valence-corrected chi connectivity index (χ4v) is 6.18. The molecule has 3 rings (SSSR count). The number of nitrogens with zero attached hydrogens (tertiary/aromatic N) is 1. The van der Waals surface area contributed by atoms with Crippen LogP contribution in [0.5, 0.6) is 0 Å². The number of hydrogen-bond donors (Lipinski definition) is 6. The molecule has 2 saturated carbocycles. The Labute approximate surface area is 240 Å². The van der Waals surface area contributed by atoms with Crippen molar-refractivity contribution in [1.29, 1.82) is 0 Å². The van der Waals surface area contributed by atoms with Gasteiger partial charge < -0.3 is 29.9 Å². The summed E-state index contributed by atoms with van der Waals surface area (Å²) < 4.78 is 11.3. The van der Waals surface area contributed by atoms with Gasteiger partial charge in [-0.25, -0.2) is 0 Å². The molecule has 0 aromatic heterocycles. The molecule has 6 N–H and O–H groups in total. The Morgan fingerprint density at radius 1 is 1.00 bits per heavy atom. The third-order valence-corrected chi connectivity index (χ3v) is 8.44. The molecule has 1 heterocycles. The molecular weight excluding hydrogens is 514 g/mol. The lowest BCUT2D eigenvalue weighted by Gasteiger charge is -2.40. The van der Waals surface area contributed by atoms with Gasteiger partial charge in [0.2, 0.25) is 5.91 Å². The summed E-state index contributed by atoms with van der Waals surface area (Å²) in [5.41, 5.74) is -0.544. The van der Waals surface area contributed by atoms with Gasteiger partial charge in [0.1, 0.15) is 18.4 Å². The third-order valence-electron chi connectivity index (χ3n) is 8.44. The highest BCUT2D eigenvalue weighted by Crippen LogP contribution is 2.34. The van der Waals surface area contributed by atoms with Crippen LogP contribution >= 0.6 is 0 Å². The first-order valence-corrected chi connectivity index (χ1v) is 15.3. The van der Waals surface area contributed by atoms with Crippen molar-refractivity contribution in [3.63, 3.8) is 0 Å². The normalized spacial score (nSPS) is 30.6. The van der Waals surface area contributed by atoms with Crippen molar-refractivity contribution in [2.45, 2.75) is 102 Å². The predicted molar refractivity (Wildman–Crippen MR) is 153 cm³/mol. The van der Waals surface area contributed by atoms with Crippen molar-refractivity contribution in [2.75, 3.05) is 53.0 Å². The second-order valence-electron chi connectivity index (χ2n) is 13.0. The summed E-state index contributed by atoms with van der Waals surface area (Å²) in [6.45, 7) is 8.97. The maximum Gasteiger partial charge on any atom is 0.325 e.